The monoisotopic (exact) mass is 323 g/mol. The highest BCUT2D eigenvalue weighted by molar-refractivity contribution is 7.92. The van der Waals surface area contributed by atoms with Crippen LogP contribution in [0.1, 0.15) is 0 Å². The van der Waals surface area contributed by atoms with Gasteiger partial charge >= 0.3 is 0 Å². The van der Waals surface area contributed by atoms with E-state index in [4.69, 9.17) is 11.6 Å². The van der Waals surface area contributed by atoms with Crippen molar-refractivity contribution in [2.45, 2.75) is 4.90 Å². The normalized spacial score (nSPS) is 11.4. The van der Waals surface area contributed by atoms with Crippen molar-refractivity contribution < 1.29 is 21.6 Å². The average Bonchev–Trinajstić information content (AvgIpc) is 2.35. The zero-order chi connectivity index (χ0) is 14.9. The van der Waals surface area contributed by atoms with E-state index in [0.717, 1.165) is 12.3 Å². The Hall–Kier alpha value is -1.87. The minimum Gasteiger partial charge on any atom is -0.263 e. The first-order valence-corrected chi connectivity index (χ1v) is 6.82. The summed E-state index contributed by atoms with van der Waals surface area (Å²) in [5.41, 5.74) is 0. The largest absolute Gasteiger partial charge is 0.266 e. The molecular weight excluding hydrogens is 319 g/mol. The molecule has 5 nitrogen and oxygen atoms in total. The molecule has 0 radical (unpaired) electrons. The van der Waals surface area contributed by atoms with Gasteiger partial charge in [0.1, 0.15) is 10.7 Å². The summed E-state index contributed by atoms with van der Waals surface area (Å²) in [5.74, 6) is -5.44. The third kappa shape index (κ3) is 2.83. The third-order valence-corrected chi connectivity index (χ3v) is 3.71. The highest BCUT2D eigenvalue weighted by Crippen LogP contribution is 2.21. The molecule has 106 valence electrons. The first kappa shape index (κ1) is 14.5. The van der Waals surface area contributed by atoms with Crippen LogP contribution in [0.25, 0.3) is 0 Å². The van der Waals surface area contributed by atoms with Crippen molar-refractivity contribution in [2.24, 2.45) is 0 Å². The van der Waals surface area contributed by atoms with Gasteiger partial charge in [-0.05, 0) is 29.8 Å². The Morgan fingerprint density at radius 1 is 1.10 bits per heavy atom. The van der Waals surface area contributed by atoms with Gasteiger partial charge in [-0.3, -0.25) is 4.72 Å². The maximum Gasteiger partial charge on any atom is 0.266 e. The maximum absolute atomic E-state index is 13.4. The molecule has 2 aromatic rings. The van der Waals surface area contributed by atoms with Crippen LogP contribution >= 0.6 is 11.6 Å². The third-order valence-electron chi connectivity index (χ3n) is 2.15. The molecule has 0 aliphatic carbocycles. The van der Waals surface area contributed by atoms with Crippen LogP contribution in [-0.4, -0.2) is 18.4 Å². The van der Waals surface area contributed by atoms with Crippen molar-refractivity contribution in [2.75, 3.05) is 4.72 Å². The van der Waals surface area contributed by atoms with Gasteiger partial charge in [-0.1, -0.05) is 0 Å². The molecule has 10 heteroatoms. The summed E-state index contributed by atoms with van der Waals surface area (Å²) in [7, 11) is -4.48. The number of sulfonamides is 1. The van der Waals surface area contributed by atoms with E-state index in [9.17, 15) is 21.6 Å². The van der Waals surface area contributed by atoms with Gasteiger partial charge < -0.3 is 0 Å². The summed E-state index contributed by atoms with van der Waals surface area (Å²) in [6.07, 6.45) is 1.16. The van der Waals surface area contributed by atoms with E-state index in [1.165, 1.54) is 0 Å². The molecule has 0 saturated heterocycles. The number of halogens is 4. The molecule has 0 fully saturated rings. The molecule has 0 saturated carbocycles. The Morgan fingerprint density at radius 2 is 1.80 bits per heavy atom. The second-order valence-electron chi connectivity index (χ2n) is 3.49. The lowest BCUT2D eigenvalue weighted by Crippen LogP contribution is -2.16. The second kappa shape index (κ2) is 5.25. The number of rotatable bonds is 3. The van der Waals surface area contributed by atoms with Crippen molar-refractivity contribution >= 4 is 27.4 Å². The van der Waals surface area contributed by atoms with Gasteiger partial charge in [-0.15, -0.1) is 0 Å². The van der Waals surface area contributed by atoms with E-state index in [1.807, 2.05) is 4.72 Å². The standard InChI is InChI=1S/C10H5ClF3N3O2S/c11-10-15-4-3-7(16-10)17-20(18,19)6-2-1-5(12)8(13)9(6)14/h1-4H,(H,15,16,17). The smallest absolute Gasteiger partial charge is 0.263 e. The van der Waals surface area contributed by atoms with Crippen LogP contribution in [0.5, 0.6) is 0 Å². The SMILES string of the molecule is O=S(=O)(Nc1ccnc(Cl)n1)c1ccc(F)c(F)c1F. The molecule has 0 aliphatic rings. The van der Waals surface area contributed by atoms with Crippen LogP contribution in [0.3, 0.4) is 0 Å². The molecule has 0 spiro atoms. The van der Waals surface area contributed by atoms with E-state index < -0.39 is 32.4 Å². The van der Waals surface area contributed by atoms with Gasteiger partial charge in [0.15, 0.2) is 17.5 Å². The van der Waals surface area contributed by atoms with E-state index >= 15 is 0 Å². The quantitative estimate of drug-likeness (QED) is 0.695. The summed E-state index contributed by atoms with van der Waals surface area (Å²) < 4.78 is 64.8. The number of anilines is 1. The summed E-state index contributed by atoms with van der Waals surface area (Å²) in [6, 6.07) is 2.25. The minimum atomic E-state index is -4.48. The summed E-state index contributed by atoms with van der Waals surface area (Å²) >= 11 is 5.46. The van der Waals surface area contributed by atoms with Gasteiger partial charge in [0.05, 0.1) is 0 Å². The van der Waals surface area contributed by atoms with Gasteiger partial charge in [0, 0.05) is 6.20 Å². The Balaban J connectivity index is 2.44. The van der Waals surface area contributed by atoms with Crippen molar-refractivity contribution in [3.8, 4) is 0 Å². The highest BCUT2D eigenvalue weighted by Gasteiger charge is 2.24. The number of nitrogens with zero attached hydrogens (tertiary/aromatic N) is 2. The van der Waals surface area contributed by atoms with Crippen LogP contribution in [-0.2, 0) is 10.0 Å². The molecule has 1 aromatic carbocycles. The van der Waals surface area contributed by atoms with Crippen LogP contribution in [0.2, 0.25) is 5.28 Å². The lowest BCUT2D eigenvalue weighted by molar-refractivity contribution is 0.432. The van der Waals surface area contributed by atoms with E-state index in [-0.39, 0.29) is 11.1 Å². The molecule has 20 heavy (non-hydrogen) atoms. The molecule has 0 aliphatic heterocycles. The van der Waals surface area contributed by atoms with E-state index in [1.54, 1.807) is 0 Å². The zero-order valence-electron chi connectivity index (χ0n) is 9.44. The summed E-state index contributed by atoms with van der Waals surface area (Å²) in [6.45, 7) is 0. The minimum absolute atomic E-state index is 0.240. The number of nitrogens with one attached hydrogen (secondary N) is 1. The summed E-state index contributed by atoms with van der Waals surface area (Å²) in [4.78, 5) is 6.00. The number of aromatic nitrogens is 2. The van der Waals surface area contributed by atoms with Gasteiger partial charge in [-0.2, -0.15) is 4.98 Å². The fourth-order valence-electron chi connectivity index (χ4n) is 1.30. The number of benzene rings is 1. The number of hydrogen-bond acceptors (Lipinski definition) is 4. The Labute approximate surface area is 116 Å². The average molecular weight is 324 g/mol. The van der Waals surface area contributed by atoms with Crippen LogP contribution in [0.15, 0.2) is 29.3 Å². The van der Waals surface area contributed by atoms with Crippen molar-refractivity contribution in [1.82, 2.24) is 9.97 Å². The van der Waals surface area contributed by atoms with Crippen LogP contribution in [0.4, 0.5) is 19.0 Å². The summed E-state index contributed by atoms with van der Waals surface area (Å²) in [5, 5.41) is -0.240. The first-order valence-electron chi connectivity index (χ1n) is 4.96. The molecule has 2 rings (SSSR count). The molecule has 1 N–H and O–H groups in total. The van der Waals surface area contributed by atoms with E-state index in [0.29, 0.717) is 12.1 Å². The predicted octanol–water partition coefficient (Wildman–Crippen LogP) is 2.35. The van der Waals surface area contributed by atoms with E-state index in [2.05, 4.69) is 9.97 Å². The molecular formula is C10H5ClF3N3O2S. The molecule has 1 aromatic heterocycles. The second-order valence-corrected chi connectivity index (χ2v) is 5.48. The van der Waals surface area contributed by atoms with Crippen molar-refractivity contribution in [3.63, 3.8) is 0 Å². The molecule has 1 heterocycles. The molecule has 0 unspecified atom stereocenters. The maximum atomic E-state index is 13.4. The lowest BCUT2D eigenvalue weighted by atomic mass is 10.3. The van der Waals surface area contributed by atoms with Gasteiger partial charge in [-0.25, -0.2) is 26.6 Å². The number of hydrogen-bond donors (Lipinski definition) is 1. The Bertz CT molecular complexity index is 770. The predicted molar refractivity (Wildman–Crippen MR) is 64.2 cm³/mol. The van der Waals surface area contributed by atoms with Crippen molar-refractivity contribution in [1.29, 1.82) is 0 Å². The van der Waals surface area contributed by atoms with Crippen LogP contribution < -0.4 is 4.72 Å². The van der Waals surface area contributed by atoms with Gasteiger partial charge in [0.2, 0.25) is 5.28 Å². The zero-order valence-corrected chi connectivity index (χ0v) is 11.0. The Kier molecular flexibility index (Phi) is 3.82. The fraction of sp³-hybridized carbons (Fsp3) is 0. The van der Waals surface area contributed by atoms with Crippen molar-refractivity contribution in [3.05, 3.63) is 47.1 Å². The van der Waals surface area contributed by atoms with Gasteiger partial charge in [0.25, 0.3) is 10.0 Å². The molecule has 0 bridgehead atoms. The molecule has 0 atom stereocenters. The van der Waals surface area contributed by atoms with Crippen LogP contribution in [0, 0.1) is 17.5 Å². The fourth-order valence-corrected chi connectivity index (χ4v) is 2.52. The first-order chi connectivity index (χ1) is 9.31. The molecule has 0 amide bonds. The highest BCUT2D eigenvalue weighted by atomic mass is 35.5. The lowest BCUT2D eigenvalue weighted by Gasteiger charge is -2.08. The topological polar surface area (TPSA) is 72.0 Å². The Morgan fingerprint density at radius 3 is 2.45 bits per heavy atom.